The molecule has 35 heavy (non-hydrogen) atoms. The summed E-state index contributed by atoms with van der Waals surface area (Å²) in [5.41, 5.74) is 0.980. The van der Waals surface area contributed by atoms with Crippen molar-refractivity contribution < 1.29 is 31.2 Å². The normalized spacial score (nSPS) is 17.5. The van der Waals surface area contributed by atoms with Gasteiger partial charge in [0.15, 0.2) is 0 Å². The van der Waals surface area contributed by atoms with E-state index in [4.69, 9.17) is 0 Å². The molecule has 0 bridgehead atoms. The second-order valence-electron chi connectivity index (χ2n) is 8.73. The molecule has 1 heterocycles. The quantitative estimate of drug-likeness (QED) is 0.645. The number of sulfonamides is 1. The van der Waals surface area contributed by atoms with Crippen molar-refractivity contribution >= 4 is 21.8 Å². The molecule has 1 aliphatic rings. The fourth-order valence-electron chi connectivity index (χ4n) is 3.83. The average Bonchev–Trinajstić information content (AvgIpc) is 2.81. The van der Waals surface area contributed by atoms with Gasteiger partial charge in [-0.1, -0.05) is 38.1 Å². The number of hydrogen-bond acceptors (Lipinski definition) is 4. The molecule has 1 aliphatic heterocycles. The third kappa shape index (κ3) is 6.21. The highest BCUT2D eigenvalue weighted by atomic mass is 32.2. The first-order valence-electron chi connectivity index (χ1n) is 11.1. The van der Waals surface area contributed by atoms with Gasteiger partial charge in [0, 0.05) is 33.1 Å². The number of piperazine rings is 1. The van der Waals surface area contributed by atoms with Crippen molar-refractivity contribution in [2.45, 2.75) is 50.3 Å². The van der Waals surface area contributed by atoms with Gasteiger partial charge in [-0.15, -0.1) is 0 Å². The summed E-state index contributed by atoms with van der Waals surface area (Å²) in [6, 6.07) is 9.54. The van der Waals surface area contributed by atoms with Crippen LogP contribution in [0.15, 0.2) is 53.4 Å². The number of benzene rings is 2. The number of hydrogen-bond donors (Lipinski definition) is 1. The standard InChI is InChI=1S/C24H28F3N3O4S/c1-16(2)19-6-4-18(5-7-19)14-28-23(32)22-15-29(17(3)31)12-13-30(22)35(33,34)21-10-8-20(9-11-21)24(25,26)27/h4-11,16,22H,12-15H2,1-3H3,(H,28,32)/t22-/m1/s1. The average molecular weight is 512 g/mol. The Morgan fingerprint density at radius 1 is 1.03 bits per heavy atom. The molecule has 0 saturated carbocycles. The zero-order valence-electron chi connectivity index (χ0n) is 19.7. The largest absolute Gasteiger partial charge is 0.416 e. The fraction of sp³-hybridized carbons (Fsp3) is 0.417. The Morgan fingerprint density at radius 3 is 2.14 bits per heavy atom. The number of nitrogens with one attached hydrogen (secondary N) is 1. The molecule has 2 aromatic carbocycles. The molecule has 1 atom stereocenters. The van der Waals surface area contributed by atoms with Crippen LogP contribution in [-0.2, 0) is 32.3 Å². The smallest absolute Gasteiger partial charge is 0.351 e. The zero-order chi connectivity index (χ0) is 26.0. The highest BCUT2D eigenvalue weighted by molar-refractivity contribution is 7.89. The van der Waals surface area contributed by atoms with Gasteiger partial charge in [0.05, 0.1) is 10.5 Å². The van der Waals surface area contributed by atoms with Crippen LogP contribution in [0.3, 0.4) is 0 Å². The van der Waals surface area contributed by atoms with Gasteiger partial charge in [-0.05, 0) is 41.3 Å². The molecule has 1 N–H and O–H groups in total. The fourth-order valence-corrected chi connectivity index (χ4v) is 5.40. The molecule has 0 spiro atoms. The molecule has 0 aromatic heterocycles. The number of carbonyl (C=O) groups is 2. The van der Waals surface area contributed by atoms with Crippen LogP contribution in [0.4, 0.5) is 13.2 Å². The lowest BCUT2D eigenvalue weighted by Crippen LogP contribution is -2.61. The lowest BCUT2D eigenvalue weighted by atomic mass is 10.0. The Balaban J connectivity index is 1.82. The van der Waals surface area contributed by atoms with Crippen LogP contribution >= 0.6 is 0 Å². The van der Waals surface area contributed by atoms with Crippen LogP contribution in [0.1, 0.15) is 43.4 Å². The number of rotatable bonds is 6. The topological polar surface area (TPSA) is 86.8 Å². The first-order valence-corrected chi connectivity index (χ1v) is 12.6. The molecule has 1 saturated heterocycles. The van der Waals surface area contributed by atoms with Crippen LogP contribution in [0.25, 0.3) is 0 Å². The van der Waals surface area contributed by atoms with Crippen molar-refractivity contribution in [1.82, 2.24) is 14.5 Å². The molecule has 11 heteroatoms. The Bertz CT molecular complexity index is 1160. The zero-order valence-corrected chi connectivity index (χ0v) is 20.5. The van der Waals surface area contributed by atoms with Gasteiger partial charge in [-0.3, -0.25) is 9.59 Å². The van der Waals surface area contributed by atoms with Gasteiger partial charge in [0.25, 0.3) is 0 Å². The first-order chi connectivity index (χ1) is 16.3. The molecule has 1 fully saturated rings. The molecule has 7 nitrogen and oxygen atoms in total. The van der Waals surface area contributed by atoms with Crippen LogP contribution in [0.5, 0.6) is 0 Å². The van der Waals surface area contributed by atoms with E-state index in [1.807, 2.05) is 24.3 Å². The number of alkyl halides is 3. The maximum Gasteiger partial charge on any atom is 0.416 e. The number of carbonyl (C=O) groups excluding carboxylic acids is 2. The van der Waals surface area contributed by atoms with Crippen molar-refractivity contribution in [3.8, 4) is 0 Å². The lowest BCUT2D eigenvalue weighted by Gasteiger charge is -2.39. The Morgan fingerprint density at radius 2 is 1.63 bits per heavy atom. The summed E-state index contributed by atoms with van der Waals surface area (Å²) >= 11 is 0. The Kier molecular flexibility index (Phi) is 7.90. The van der Waals surface area contributed by atoms with Gasteiger partial charge in [0.1, 0.15) is 6.04 Å². The third-order valence-corrected chi connectivity index (χ3v) is 7.90. The van der Waals surface area contributed by atoms with E-state index >= 15 is 0 Å². The van der Waals surface area contributed by atoms with E-state index < -0.39 is 33.7 Å². The summed E-state index contributed by atoms with van der Waals surface area (Å²) < 4.78 is 66.2. The minimum absolute atomic E-state index is 0.0651. The number of halogens is 3. The SMILES string of the molecule is CC(=O)N1CCN(S(=O)(=O)c2ccc(C(F)(F)F)cc2)[C@@H](C(=O)NCc2ccc(C(C)C)cc2)C1. The van der Waals surface area contributed by atoms with Crippen LogP contribution in [0, 0.1) is 0 Å². The molecule has 2 aromatic rings. The van der Waals surface area contributed by atoms with Crippen molar-refractivity contribution in [3.05, 3.63) is 65.2 Å². The van der Waals surface area contributed by atoms with E-state index in [-0.39, 0.29) is 37.0 Å². The molecular formula is C24H28F3N3O4S. The first kappa shape index (κ1) is 26.7. The molecular weight excluding hydrogens is 483 g/mol. The summed E-state index contributed by atoms with van der Waals surface area (Å²) in [5.74, 6) is -0.555. The summed E-state index contributed by atoms with van der Waals surface area (Å²) in [4.78, 5) is 26.0. The predicted molar refractivity (Wildman–Crippen MR) is 124 cm³/mol. The molecule has 0 aliphatic carbocycles. The molecule has 2 amide bonds. The van der Waals surface area contributed by atoms with Gasteiger partial charge in [-0.2, -0.15) is 17.5 Å². The maximum atomic E-state index is 13.3. The maximum absolute atomic E-state index is 13.3. The van der Waals surface area contributed by atoms with Crippen molar-refractivity contribution in [2.24, 2.45) is 0 Å². The van der Waals surface area contributed by atoms with Gasteiger partial charge < -0.3 is 10.2 Å². The van der Waals surface area contributed by atoms with Gasteiger partial charge >= 0.3 is 6.18 Å². The Labute approximate surface area is 203 Å². The molecule has 0 unspecified atom stereocenters. The molecule has 190 valence electrons. The van der Waals surface area contributed by atoms with E-state index in [2.05, 4.69) is 19.2 Å². The van der Waals surface area contributed by atoms with Crippen LogP contribution < -0.4 is 5.32 Å². The minimum Gasteiger partial charge on any atom is -0.351 e. The van der Waals surface area contributed by atoms with E-state index in [1.165, 1.54) is 11.8 Å². The Hall–Kier alpha value is -2.92. The summed E-state index contributed by atoms with van der Waals surface area (Å²) in [6.45, 7) is 5.35. The predicted octanol–water partition coefficient (Wildman–Crippen LogP) is 3.37. The number of amides is 2. The van der Waals surface area contributed by atoms with Crippen LogP contribution in [-0.4, -0.2) is 55.1 Å². The third-order valence-electron chi connectivity index (χ3n) is 5.98. The van der Waals surface area contributed by atoms with E-state index in [1.54, 1.807) is 0 Å². The summed E-state index contributed by atoms with van der Waals surface area (Å²) in [6.07, 6.45) is -4.61. The lowest BCUT2D eigenvalue weighted by molar-refractivity contribution is -0.137. The molecule has 3 rings (SSSR count). The van der Waals surface area contributed by atoms with Crippen molar-refractivity contribution in [2.75, 3.05) is 19.6 Å². The van der Waals surface area contributed by atoms with Crippen LogP contribution in [0.2, 0.25) is 0 Å². The van der Waals surface area contributed by atoms with Gasteiger partial charge in [-0.25, -0.2) is 8.42 Å². The van der Waals surface area contributed by atoms with E-state index in [0.717, 1.165) is 27.6 Å². The second-order valence-corrected chi connectivity index (χ2v) is 10.6. The summed E-state index contributed by atoms with van der Waals surface area (Å²) in [7, 11) is -4.30. The minimum atomic E-state index is -4.61. The van der Waals surface area contributed by atoms with Gasteiger partial charge in [0.2, 0.25) is 21.8 Å². The highest BCUT2D eigenvalue weighted by Crippen LogP contribution is 2.31. The monoisotopic (exact) mass is 511 g/mol. The van der Waals surface area contributed by atoms with E-state index in [0.29, 0.717) is 18.1 Å². The number of nitrogens with zero attached hydrogens (tertiary/aromatic N) is 2. The van der Waals surface area contributed by atoms with E-state index in [9.17, 15) is 31.2 Å². The second kappa shape index (κ2) is 10.4. The molecule has 0 radical (unpaired) electrons. The highest BCUT2D eigenvalue weighted by Gasteiger charge is 2.41. The van der Waals surface area contributed by atoms with Crippen molar-refractivity contribution in [3.63, 3.8) is 0 Å². The van der Waals surface area contributed by atoms with Crippen molar-refractivity contribution in [1.29, 1.82) is 0 Å². The summed E-state index contributed by atoms with van der Waals surface area (Å²) in [5, 5.41) is 2.73.